The predicted molar refractivity (Wildman–Crippen MR) is 84.7 cm³/mol. The molecule has 1 rings (SSSR count). The van der Waals surface area contributed by atoms with Crippen LogP contribution in [0.4, 0.5) is 0 Å². The van der Waals surface area contributed by atoms with Crippen LogP contribution in [0.1, 0.15) is 26.2 Å². The van der Waals surface area contributed by atoms with Crippen LogP contribution in [0, 0.1) is 0 Å². The molecule has 0 aromatic heterocycles. The highest BCUT2D eigenvalue weighted by Gasteiger charge is 2.26. The van der Waals surface area contributed by atoms with Crippen molar-refractivity contribution in [1.29, 1.82) is 0 Å². The fraction of sp³-hybridized carbons (Fsp3) is 0.462. The first-order chi connectivity index (χ1) is 10.3. The topological polar surface area (TPSA) is 86.7 Å². The summed E-state index contributed by atoms with van der Waals surface area (Å²) in [5.74, 6) is -0.812. The van der Waals surface area contributed by atoms with Crippen molar-refractivity contribution in [1.82, 2.24) is 9.79 Å². The number of hydrogen-bond acceptors (Lipinski definition) is 4. The highest BCUT2D eigenvalue weighted by Crippen LogP contribution is 2.25. The molecule has 2 N–H and O–H groups in total. The van der Waals surface area contributed by atoms with E-state index in [-0.39, 0.29) is 21.5 Å². The van der Waals surface area contributed by atoms with E-state index in [1.165, 1.54) is 23.7 Å². The molecule has 0 saturated carbocycles. The van der Waals surface area contributed by atoms with E-state index in [1.54, 1.807) is 0 Å². The van der Waals surface area contributed by atoms with Crippen molar-refractivity contribution in [3.05, 3.63) is 28.2 Å². The van der Waals surface area contributed by atoms with Gasteiger partial charge < -0.3 is 0 Å². The zero-order valence-corrected chi connectivity index (χ0v) is 14.4. The smallest absolute Gasteiger partial charge is 0.258 e. The van der Waals surface area contributed by atoms with Gasteiger partial charge in [0.15, 0.2) is 0 Å². The van der Waals surface area contributed by atoms with Crippen molar-refractivity contribution in [2.24, 2.45) is 0 Å². The quantitative estimate of drug-likeness (QED) is 0.419. The Morgan fingerprint density at radius 2 is 1.82 bits per heavy atom. The van der Waals surface area contributed by atoms with Crippen LogP contribution >= 0.6 is 23.2 Å². The molecule has 0 saturated heterocycles. The first kappa shape index (κ1) is 19.2. The number of unbranched alkanes of at least 4 members (excludes halogenated alkanes) is 2. The lowest BCUT2D eigenvalue weighted by atomic mass is 10.2. The summed E-state index contributed by atoms with van der Waals surface area (Å²) in [6.07, 6.45) is 2.33. The second kappa shape index (κ2) is 8.69. The third kappa shape index (κ3) is 5.40. The van der Waals surface area contributed by atoms with E-state index in [0.29, 0.717) is 6.42 Å². The number of carbonyl (C=O) groups is 1. The van der Waals surface area contributed by atoms with Crippen LogP contribution in [0.5, 0.6) is 0 Å². The third-order valence-electron chi connectivity index (χ3n) is 2.93. The van der Waals surface area contributed by atoms with Crippen molar-refractivity contribution in [3.63, 3.8) is 0 Å². The van der Waals surface area contributed by atoms with Gasteiger partial charge in [0.05, 0.1) is 11.4 Å². The SMILES string of the molecule is CCCCCN(CC(=O)NO)S(=O)(=O)c1cc(Cl)cc(Cl)c1. The maximum atomic E-state index is 12.6. The van der Waals surface area contributed by atoms with E-state index < -0.39 is 22.5 Å². The van der Waals surface area contributed by atoms with Gasteiger partial charge in [0, 0.05) is 16.6 Å². The van der Waals surface area contributed by atoms with Gasteiger partial charge in [0.2, 0.25) is 10.0 Å². The van der Waals surface area contributed by atoms with Gasteiger partial charge in [-0.05, 0) is 24.6 Å². The molecule has 124 valence electrons. The standard InChI is InChI=1S/C13H18Cl2N2O4S/c1-2-3-4-5-17(9-13(18)16-19)22(20,21)12-7-10(14)6-11(15)8-12/h6-8,19H,2-5,9H2,1H3,(H,16,18). The largest absolute Gasteiger partial charge is 0.289 e. The van der Waals surface area contributed by atoms with Crippen molar-refractivity contribution in [2.45, 2.75) is 31.1 Å². The fourth-order valence-corrected chi connectivity index (χ4v) is 4.01. The van der Waals surface area contributed by atoms with Crippen LogP contribution in [-0.2, 0) is 14.8 Å². The number of halogens is 2. The molecule has 0 atom stereocenters. The van der Waals surface area contributed by atoms with Crippen LogP contribution < -0.4 is 5.48 Å². The molecule has 0 unspecified atom stereocenters. The zero-order chi connectivity index (χ0) is 16.8. The molecule has 0 fully saturated rings. The summed E-state index contributed by atoms with van der Waals surface area (Å²) in [7, 11) is -3.94. The lowest BCUT2D eigenvalue weighted by molar-refractivity contribution is -0.129. The van der Waals surface area contributed by atoms with Crippen molar-refractivity contribution in [2.75, 3.05) is 13.1 Å². The summed E-state index contributed by atoms with van der Waals surface area (Å²) in [6, 6.07) is 3.96. The van der Waals surface area contributed by atoms with Crippen LogP contribution in [-0.4, -0.2) is 36.9 Å². The first-order valence-electron chi connectivity index (χ1n) is 6.70. The molecule has 0 spiro atoms. The number of nitrogens with zero attached hydrogens (tertiary/aromatic N) is 1. The number of carbonyl (C=O) groups excluding carboxylic acids is 1. The summed E-state index contributed by atoms with van der Waals surface area (Å²) in [6.45, 7) is 1.66. The minimum Gasteiger partial charge on any atom is -0.289 e. The third-order valence-corrected chi connectivity index (χ3v) is 5.19. The van der Waals surface area contributed by atoms with Crippen LogP contribution in [0.2, 0.25) is 10.0 Å². The molecule has 1 aromatic rings. The van der Waals surface area contributed by atoms with Gasteiger partial charge in [-0.2, -0.15) is 4.31 Å². The maximum Gasteiger partial charge on any atom is 0.258 e. The Labute approximate surface area is 140 Å². The van der Waals surface area contributed by atoms with Gasteiger partial charge in [-0.3, -0.25) is 10.0 Å². The molecule has 1 amide bonds. The molecule has 0 heterocycles. The Bertz CT molecular complexity index is 602. The van der Waals surface area contributed by atoms with E-state index in [2.05, 4.69) is 0 Å². The molecular formula is C13H18Cl2N2O4S. The Morgan fingerprint density at radius 1 is 1.23 bits per heavy atom. The monoisotopic (exact) mass is 368 g/mol. The summed E-state index contributed by atoms with van der Waals surface area (Å²) >= 11 is 11.7. The predicted octanol–water partition coefficient (Wildman–Crippen LogP) is 2.68. The summed E-state index contributed by atoms with van der Waals surface area (Å²) in [5.41, 5.74) is 1.44. The van der Waals surface area contributed by atoms with Crippen LogP contribution in [0.3, 0.4) is 0 Å². The molecule has 1 aromatic carbocycles. The molecule has 0 aliphatic rings. The number of hydrogen-bond donors (Lipinski definition) is 2. The van der Waals surface area contributed by atoms with Crippen LogP contribution in [0.25, 0.3) is 0 Å². The highest BCUT2D eigenvalue weighted by molar-refractivity contribution is 7.89. The first-order valence-corrected chi connectivity index (χ1v) is 8.90. The van der Waals surface area contributed by atoms with Crippen molar-refractivity contribution in [3.8, 4) is 0 Å². The average molecular weight is 369 g/mol. The second-order valence-electron chi connectivity index (χ2n) is 4.69. The van der Waals surface area contributed by atoms with Gasteiger partial charge >= 0.3 is 0 Å². The zero-order valence-electron chi connectivity index (χ0n) is 12.1. The molecular weight excluding hydrogens is 351 g/mol. The molecule has 22 heavy (non-hydrogen) atoms. The molecule has 9 heteroatoms. The minimum absolute atomic E-state index is 0.0905. The van der Waals surface area contributed by atoms with Crippen molar-refractivity contribution >= 4 is 39.1 Å². The van der Waals surface area contributed by atoms with E-state index >= 15 is 0 Å². The number of benzene rings is 1. The van der Waals surface area contributed by atoms with Gasteiger partial charge in [0.1, 0.15) is 0 Å². The van der Waals surface area contributed by atoms with E-state index in [1.807, 2.05) is 6.92 Å². The number of rotatable bonds is 8. The average Bonchev–Trinajstić information content (AvgIpc) is 2.45. The number of sulfonamides is 1. The second-order valence-corrected chi connectivity index (χ2v) is 7.50. The van der Waals surface area contributed by atoms with E-state index in [0.717, 1.165) is 17.1 Å². The van der Waals surface area contributed by atoms with E-state index in [9.17, 15) is 13.2 Å². The van der Waals surface area contributed by atoms with Gasteiger partial charge in [-0.15, -0.1) is 0 Å². The molecule has 0 aliphatic carbocycles. The van der Waals surface area contributed by atoms with Crippen molar-refractivity contribution < 1.29 is 18.4 Å². The fourth-order valence-electron chi connectivity index (χ4n) is 1.84. The summed E-state index contributed by atoms with van der Waals surface area (Å²) < 4.78 is 26.3. The number of amides is 1. The maximum absolute atomic E-state index is 12.6. The molecule has 6 nitrogen and oxygen atoms in total. The normalized spacial score (nSPS) is 11.7. The Morgan fingerprint density at radius 3 is 2.32 bits per heavy atom. The Hall–Kier alpha value is -0.860. The Balaban J connectivity index is 3.10. The number of hydroxylamine groups is 1. The van der Waals surface area contributed by atoms with E-state index in [4.69, 9.17) is 28.4 Å². The lowest BCUT2D eigenvalue weighted by Crippen LogP contribution is -2.40. The van der Waals surface area contributed by atoms with Gasteiger partial charge in [-0.25, -0.2) is 13.9 Å². The van der Waals surface area contributed by atoms with Gasteiger partial charge in [0.25, 0.3) is 5.91 Å². The molecule has 0 bridgehead atoms. The highest BCUT2D eigenvalue weighted by atomic mass is 35.5. The molecule has 0 radical (unpaired) electrons. The summed E-state index contributed by atoms with van der Waals surface area (Å²) in [5, 5.41) is 8.99. The lowest BCUT2D eigenvalue weighted by Gasteiger charge is -2.21. The minimum atomic E-state index is -3.94. The Kier molecular flexibility index (Phi) is 7.58. The molecule has 0 aliphatic heterocycles. The summed E-state index contributed by atoms with van der Waals surface area (Å²) in [4.78, 5) is 11.3. The van der Waals surface area contributed by atoms with Crippen LogP contribution in [0.15, 0.2) is 23.1 Å². The van der Waals surface area contributed by atoms with Gasteiger partial charge in [-0.1, -0.05) is 43.0 Å². The number of nitrogens with one attached hydrogen (secondary N) is 1.